The summed E-state index contributed by atoms with van der Waals surface area (Å²) < 4.78 is 0. The maximum absolute atomic E-state index is 12.6. The van der Waals surface area contributed by atoms with Gasteiger partial charge >= 0.3 is 0 Å². The van der Waals surface area contributed by atoms with Crippen LogP contribution in [0.1, 0.15) is 49.3 Å². The van der Waals surface area contributed by atoms with Gasteiger partial charge in [-0.2, -0.15) is 0 Å². The van der Waals surface area contributed by atoms with Crippen molar-refractivity contribution in [1.82, 2.24) is 10.2 Å². The van der Waals surface area contributed by atoms with E-state index in [-0.39, 0.29) is 11.9 Å². The number of carbonyl (C=O) groups excluding carboxylic acids is 1. The van der Waals surface area contributed by atoms with Crippen LogP contribution in [0.5, 0.6) is 0 Å². The quantitative estimate of drug-likeness (QED) is 0.923. The SMILES string of the molecule is CCN(CC)C(=O)C1CC(c2cc(C)ccc2C)CCN1. The van der Waals surface area contributed by atoms with Crippen LogP contribution >= 0.6 is 0 Å². The fourth-order valence-corrected chi connectivity index (χ4v) is 3.34. The predicted octanol–water partition coefficient (Wildman–Crippen LogP) is 3.01. The first kappa shape index (κ1) is 16.0. The first-order chi connectivity index (χ1) is 10.1. The molecule has 1 aliphatic rings. The van der Waals surface area contributed by atoms with E-state index in [2.05, 4.69) is 37.4 Å². The maximum Gasteiger partial charge on any atom is 0.239 e. The van der Waals surface area contributed by atoms with Gasteiger partial charge in [0.1, 0.15) is 0 Å². The third kappa shape index (κ3) is 3.65. The van der Waals surface area contributed by atoms with Gasteiger partial charge in [0.05, 0.1) is 6.04 Å². The highest BCUT2D eigenvalue weighted by Gasteiger charge is 2.30. The van der Waals surface area contributed by atoms with Crippen molar-refractivity contribution in [3.05, 3.63) is 34.9 Å². The van der Waals surface area contributed by atoms with Crippen LogP contribution in [0.15, 0.2) is 18.2 Å². The first-order valence-electron chi connectivity index (χ1n) is 8.16. The van der Waals surface area contributed by atoms with E-state index in [1.807, 2.05) is 18.7 Å². The number of amides is 1. The monoisotopic (exact) mass is 288 g/mol. The maximum atomic E-state index is 12.6. The molecule has 1 fully saturated rings. The summed E-state index contributed by atoms with van der Waals surface area (Å²) in [5.74, 6) is 0.755. The number of piperidine rings is 1. The van der Waals surface area contributed by atoms with E-state index >= 15 is 0 Å². The average molecular weight is 288 g/mol. The summed E-state index contributed by atoms with van der Waals surface area (Å²) in [7, 11) is 0. The molecule has 2 atom stereocenters. The number of nitrogens with one attached hydrogen (secondary N) is 1. The third-order valence-corrected chi connectivity index (χ3v) is 4.65. The Morgan fingerprint density at radius 1 is 1.29 bits per heavy atom. The van der Waals surface area contributed by atoms with Crippen molar-refractivity contribution in [1.29, 1.82) is 0 Å². The molecule has 21 heavy (non-hydrogen) atoms. The highest BCUT2D eigenvalue weighted by atomic mass is 16.2. The van der Waals surface area contributed by atoms with E-state index < -0.39 is 0 Å². The molecule has 1 aliphatic heterocycles. The minimum atomic E-state index is -0.0245. The zero-order chi connectivity index (χ0) is 15.4. The van der Waals surface area contributed by atoms with Crippen LogP contribution in [0.2, 0.25) is 0 Å². The molecule has 0 saturated carbocycles. The summed E-state index contributed by atoms with van der Waals surface area (Å²) in [4.78, 5) is 14.5. The van der Waals surface area contributed by atoms with E-state index in [4.69, 9.17) is 0 Å². The van der Waals surface area contributed by atoms with Gasteiger partial charge in [-0.15, -0.1) is 0 Å². The number of hydrogen-bond acceptors (Lipinski definition) is 2. The van der Waals surface area contributed by atoms with Gasteiger partial charge in [0.15, 0.2) is 0 Å². The van der Waals surface area contributed by atoms with Crippen LogP contribution in [0, 0.1) is 13.8 Å². The lowest BCUT2D eigenvalue weighted by atomic mass is 9.83. The van der Waals surface area contributed by atoms with Gasteiger partial charge in [-0.3, -0.25) is 4.79 Å². The van der Waals surface area contributed by atoms with Gasteiger partial charge in [-0.25, -0.2) is 0 Å². The number of carbonyl (C=O) groups is 1. The van der Waals surface area contributed by atoms with Crippen molar-refractivity contribution in [2.45, 2.75) is 52.5 Å². The number of benzene rings is 1. The summed E-state index contributed by atoms with van der Waals surface area (Å²) in [5, 5.41) is 3.41. The fourth-order valence-electron chi connectivity index (χ4n) is 3.34. The van der Waals surface area contributed by atoms with E-state index in [1.54, 1.807) is 0 Å². The molecule has 3 nitrogen and oxygen atoms in total. The van der Waals surface area contributed by atoms with Crippen molar-refractivity contribution in [2.75, 3.05) is 19.6 Å². The lowest BCUT2D eigenvalue weighted by molar-refractivity contribution is -0.133. The molecule has 0 radical (unpaired) electrons. The average Bonchev–Trinajstić information content (AvgIpc) is 2.51. The molecule has 1 saturated heterocycles. The standard InChI is InChI=1S/C18H28N2O/c1-5-20(6-2)18(21)17-12-15(9-10-19-17)16-11-13(3)7-8-14(16)4/h7-8,11,15,17,19H,5-6,9-10,12H2,1-4H3. The highest BCUT2D eigenvalue weighted by molar-refractivity contribution is 5.82. The second-order valence-electron chi connectivity index (χ2n) is 6.10. The summed E-state index contributed by atoms with van der Waals surface area (Å²) >= 11 is 0. The second kappa shape index (κ2) is 7.08. The summed E-state index contributed by atoms with van der Waals surface area (Å²) in [6, 6.07) is 6.64. The summed E-state index contributed by atoms with van der Waals surface area (Å²) in [6.45, 7) is 10.9. The van der Waals surface area contributed by atoms with Gasteiger partial charge in [0.2, 0.25) is 5.91 Å². The van der Waals surface area contributed by atoms with E-state index in [0.717, 1.165) is 32.5 Å². The van der Waals surface area contributed by atoms with Crippen LogP contribution in [0.3, 0.4) is 0 Å². The Morgan fingerprint density at radius 2 is 2.00 bits per heavy atom. The van der Waals surface area contributed by atoms with Crippen LogP contribution in [0.4, 0.5) is 0 Å². The molecule has 1 N–H and O–H groups in total. The largest absolute Gasteiger partial charge is 0.342 e. The summed E-state index contributed by atoms with van der Waals surface area (Å²) in [5.41, 5.74) is 4.08. The number of nitrogens with zero attached hydrogens (tertiary/aromatic N) is 1. The number of hydrogen-bond donors (Lipinski definition) is 1. The number of aryl methyl sites for hydroxylation is 2. The van der Waals surface area contributed by atoms with Crippen molar-refractivity contribution in [3.8, 4) is 0 Å². The van der Waals surface area contributed by atoms with Gasteiger partial charge in [0, 0.05) is 13.1 Å². The molecule has 2 rings (SSSR count). The van der Waals surface area contributed by atoms with Gasteiger partial charge < -0.3 is 10.2 Å². The Labute approximate surface area is 128 Å². The molecule has 0 spiro atoms. The van der Waals surface area contributed by atoms with Crippen LogP contribution in [-0.4, -0.2) is 36.5 Å². The molecule has 1 amide bonds. The van der Waals surface area contributed by atoms with Gasteiger partial charge in [0.25, 0.3) is 0 Å². The Bertz CT molecular complexity index is 494. The van der Waals surface area contributed by atoms with Crippen molar-refractivity contribution in [2.24, 2.45) is 0 Å². The molecule has 0 aliphatic carbocycles. The Balaban J connectivity index is 2.13. The van der Waals surface area contributed by atoms with Crippen LogP contribution in [0.25, 0.3) is 0 Å². The topological polar surface area (TPSA) is 32.3 Å². The van der Waals surface area contributed by atoms with Crippen molar-refractivity contribution >= 4 is 5.91 Å². The zero-order valence-electron chi connectivity index (χ0n) is 13.8. The lowest BCUT2D eigenvalue weighted by Crippen LogP contribution is -2.49. The Morgan fingerprint density at radius 3 is 2.67 bits per heavy atom. The molecular formula is C18H28N2O. The molecule has 3 heteroatoms. The number of likely N-dealkylation sites (N-methyl/N-ethyl adjacent to an activating group) is 1. The van der Waals surface area contributed by atoms with E-state index in [0.29, 0.717) is 5.92 Å². The third-order valence-electron chi connectivity index (χ3n) is 4.65. The van der Waals surface area contributed by atoms with Gasteiger partial charge in [-0.1, -0.05) is 23.8 Å². The van der Waals surface area contributed by atoms with Crippen molar-refractivity contribution < 1.29 is 4.79 Å². The molecule has 1 aromatic carbocycles. The minimum absolute atomic E-state index is 0.0245. The minimum Gasteiger partial charge on any atom is -0.342 e. The van der Waals surface area contributed by atoms with E-state index in [1.165, 1.54) is 16.7 Å². The Hall–Kier alpha value is -1.35. The molecule has 116 valence electrons. The molecule has 2 unspecified atom stereocenters. The molecular weight excluding hydrogens is 260 g/mol. The normalized spacial score (nSPS) is 22.1. The molecule has 0 aromatic heterocycles. The molecule has 0 bridgehead atoms. The summed E-state index contributed by atoms with van der Waals surface area (Å²) in [6.07, 6.45) is 2.03. The Kier molecular flexibility index (Phi) is 5.40. The highest BCUT2D eigenvalue weighted by Crippen LogP contribution is 2.31. The second-order valence-corrected chi connectivity index (χ2v) is 6.10. The lowest BCUT2D eigenvalue weighted by Gasteiger charge is -2.33. The first-order valence-corrected chi connectivity index (χ1v) is 8.16. The van der Waals surface area contributed by atoms with Gasteiger partial charge in [-0.05, 0) is 64.1 Å². The smallest absolute Gasteiger partial charge is 0.239 e. The molecule has 1 aromatic rings. The fraction of sp³-hybridized carbons (Fsp3) is 0.611. The number of rotatable bonds is 4. The van der Waals surface area contributed by atoms with E-state index in [9.17, 15) is 4.79 Å². The van der Waals surface area contributed by atoms with Crippen LogP contribution < -0.4 is 5.32 Å². The van der Waals surface area contributed by atoms with Crippen molar-refractivity contribution in [3.63, 3.8) is 0 Å². The predicted molar refractivity (Wildman–Crippen MR) is 87.6 cm³/mol. The van der Waals surface area contributed by atoms with Crippen LogP contribution in [-0.2, 0) is 4.79 Å². The molecule has 1 heterocycles. The zero-order valence-corrected chi connectivity index (χ0v) is 13.8.